The predicted molar refractivity (Wildman–Crippen MR) is 122 cm³/mol. The van der Waals surface area contributed by atoms with E-state index in [1.807, 2.05) is 6.07 Å². The average molecular weight is 437 g/mol. The summed E-state index contributed by atoms with van der Waals surface area (Å²) in [5, 5.41) is 7.59. The molecule has 0 aliphatic rings. The summed E-state index contributed by atoms with van der Waals surface area (Å²) in [6.45, 7) is 0.689. The number of hydrogen-bond donors (Lipinski definition) is 5. The van der Waals surface area contributed by atoms with Crippen LogP contribution in [0.4, 0.5) is 8.78 Å². The second-order valence-corrected chi connectivity index (χ2v) is 7.56. The number of aromatic nitrogens is 2. The normalized spacial score (nSPS) is 12.4. The minimum absolute atomic E-state index is 0.0183. The van der Waals surface area contributed by atoms with Gasteiger partial charge in [0.1, 0.15) is 11.6 Å². The number of hydrazine groups is 1. The van der Waals surface area contributed by atoms with E-state index < -0.39 is 0 Å². The molecule has 0 spiro atoms. The lowest BCUT2D eigenvalue weighted by atomic mass is 10.1. The Morgan fingerprint density at radius 3 is 2.00 bits per heavy atom. The van der Waals surface area contributed by atoms with Crippen LogP contribution in [0.25, 0.3) is 43.6 Å². The molecule has 0 fully saturated rings. The third-order valence-electron chi connectivity index (χ3n) is 5.56. The van der Waals surface area contributed by atoms with Crippen LogP contribution in [-0.4, -0.2) is 34.1 Å². The predicted octanol–water partition coefficient (Wildman–Crippen LogP) is 3.37. The van der Waals surface area contributed by atoms with Crippen molar-refractivity contribution >= 4 is 49.6 Å². The highest BCUT2D eigenvalue weighted by Gasteiger charge is 2.18. The first-order valence-electron chi connectivity index (χ1n) is 9.99. The molecule has 5 rings (SSSR count). The van der Waals surface area contributed by atoms with Crippen molar-refractivity contribution in [2.45, 2.75) is 6.42 Å². The Labute approximate surface area is 180 Å². The number of benzene rings is 3. The second-order valence-electron chi connectivity index (χ2n) is 7.56. The zero-order valence-corrected chi connectivity index (χ0v) is 17.0. The van der Waals surface area contributed by atoms with E-state index in [1.165, 1.54) is 29.3 Å². The summed E-state index contributed by atoms with van der Waals surface area (Å²) in [7, 11) is 0. The van der Waals surface area contributed by atoms with Crippen LogP contribution in [0.15, 0.2) is 47.6 Å². The third-order valence-corrected chi connectivity index (χ3v) is 5.56. The Morgan fingerprint density at radius 2 is 1.47 bits per heavy atom. The molecular weight excluding hydrogens is 416 g/mol. The van der Waals surface area contributed by atoms with Crippen LogP contribution in [0.2, 0.25) is 0 Å². The van der Waals surface area contributed by atoms with E-state index >= 15 is 0 Å². The number of ether oxygens (including phenoxy) is 1. The summed E-state index contributed by atoms with van der Waals surface area (Å²) in [5.41, 5.74) is 8.57. The van der Waals surface area contributed by atoms with Gasteiger partial charge in [0.15, 0.2) is 5.75 Å². The molecule has 5 aromatic rings. The number of H-pyrrole nitrogens is 2. The minimum Gasteiger partial charge on any atom is -0.489 e. The molecule has 3 aromatic carbocycles. The Morgan fingerprint density at radius 1 is 0.906 bits per heavy atom. The molecule has 8 N–H and O–H groups in total. The Bertz CT molecular complexity index is 1410. The van der Waals surface area contributed by atoms with E-state index in [4.69, 9.17) is 22.2 Å². The van der Waals surface area contributed by atoms with Crippen molar-refractivity contribution in [3.05, 3.63) is 54.1 Å². The number of rotatable bonds is 5. The molecule has 0 aliphatic carbocycles. The molecule has 0 atom stereocenters. The molecule has 0 saturated carbocycles. The van der Waals surface area contributed by atoms with Crippen LogP contribution in [0, 0.1) is 11.6 Å². The number of halogens is 2. The SMILES string of the molecule is N/N=C(/N)N(N)CCCOc1c2[nH]c3ccc(F)cc3c2cc2c1[nH]c1ccc(F)cc12. The van der Waals surface area contributed by atoms with Crippen LogP contribution >= 0.6 is 0 Å². The Kier molecular flexibility index (Phi) is 4.71. The highest BCUT2D eigenvalue weighted by Crippen LogP contribution is 2.41. The van der Waals surface area contributed by atoms with Crippen molar-refractivity contribution in [3.8, 4) is 5.75 Å². The van der Waals surface area contributed by atoms with Crippen molar-refractivity contribution < 1.29 is 13.5 Å². The van der Waals surface area contributed by atoms with Crippen LogP contribution < -0.4 is 22.2 Å². The van der Waals surface area contributed by atoms with Crippen molar-refractivity contribution in [2.24, 2.45) is 22.5 Å². The quantitative estimate of drug-likeness (QED) is 0.0945. The second kappa shape index (κ2) is 7.57. The highest BCUT2D eigenvalue weighted by molar-refractivity contribution is 6.20. The average Bonchev–Trinajstić information content (AvgIpc) is 3.33. The van der Waals surface area contributed by atoms with Crippen LogP contribution in [-0.2, 0) is 0 Å². The van der Waals surface area contributed by atoms with Gasteiger partial charge in [0.2, 0.25) is 5.96 Å². The molecule has 0 amide bonds. The van der Waals surface area contributed by atoms with Crippen molar-refractivity contribution in [3.63, 3.8) is 0 Å². The maximum atomic E-state index is 14.0. The molecule has 8 nitrogen and oxygen atoms in total. The van der Waals surface area contributed by atoms with Gasteiger partial charge >= 0.3 is 0 Å². The molecule has 2 aromatic heterocycles. The lowest BCUT2D eigenvalue weighted by molar-refractivity contribution is 0.291. The molecule has 32 heavy (non-hydrogen) atoms. The first-order chi connectivity index (χ1) is 15.5. The first-order valence-corrected chi connectivity index (χ1v) is 9.99. The zero-order valence-electron chi connectivity index (χ0n) is 17.0. The molecular formula is C22H21F2N7O. The lowest BCUT2D eigenvalue weighted by Crippen LogP contribution is -2.44. The summed E-state index contributed by atoms with van der Waals surface area (Å²) in [4.78, 5) is 6.64. The van der Waals surface area contributed by atoms with E-state index in [-0.39, 0.29) is 17.6 Å². The molecule has 0 saturated heterocycles. The topological polar surface area (TPSA) is 134 Å². The van der Waals surface area contributed by atoms with Gasteiger partial charge in [0, 0.05) is 45.5 Å². The van der Waals surface area contributed by atoms with Gasteiger partial charge in [-0.15, -0.1) is 5.10 Å². The van der Waals surface area contributed by atoms with Gasteiger partial charge in [-0.25, -0.2) is 14.6 Å². The van der Waals surface area contributed by atoms with Crippen LogP contribution in [0.3, 0.4) is 0 Å². The van der Waals surface area contributed by atoms with E-state index in [2.05, 4.69) is 15.1 Å². The summed E-state index contributed by atoms with van der Waals surface area (Å²) < 4.78 is 34.1. The molecule has 164 valence electrons. The van der Waals surface area contributed by atoms with Gasteiger partial charge < -0.3 is 26.3 Å². The van der Waals surface area contributed by atoms with Crippen LogP contribution in [0.5, 0.6) is 5.75 Å². The summed E-state index contributed by atoms with van der Waals surface area (Å²) >= 11 is 0. The molecule has 0 unspecified atom stereocenters. The number of nitrogens with two attached hydrogens (primary N) is 3. The number of nitrogens with zero attached hydrogens (tertiary/aromatic N) is 2. The Hall–Kier alpha value is -4.05. The highest BCUT2D eigenvalue weighted by atomic mass is 19.1. The maximum Gasteiger partial charge on any atom is 0.227 e. The fourth-order valence-corrected chi connectivity index (χ4v) is 4.04. The fraction of sp³-hybridized carbons (Fsp3) is 0.136. The zero-order chi connectivity index (χ0) is 22.4. The number of nitrogens with one attached hydrogen (secondary N) is 2. The minimum atomic E-state index is -0.340. The van der Waals surface area contributed by atoms with E-state index in [1.54, 1.807) is 12.1 Å². The van der Waals surface area contributed by atoms with Crippen molar-refractivity contribution in [1.82, 2.24) is 15.0 Å². The van der Waals surface area contributed by atoms with Crippen molar-refractivity contribution in [1.29, 1.82) is 0 Å². The third kappa shape index (κ3) is 3.21. The van der Waals surface area contributed by atoms with Gasteiger partial charge in [0.05, 0.1) is 17.6 Å². The molecule has 0 bridgehead atoms. The first kappa shape index (κ1) is 19.9. The molecule has 0 aliphatic heterocycles. The van der Waals surface area contributed by atoms with Crippen molar-refractivity contribution in [2.75, 3.05) is 13.2 Å². The number of aromatic amines is 2. The summed E-state index contributed by atoms with van der Waals surface area (Å²) in [6, 6.07) is 11.0. The van der Waals surface area contributed by atoms with E-state index in [0.717, 1.165) is 43.6 Å². The number of guanidine groups is 1. The summed E-state index contributed by atoms with van der Waals surface area (Å²) in [6.07, 6.45) is 0.536. The smallest absolute Gasteiger partial charge is 0.227 e. The van der Waals surface area contributed by atoms with Gasteiger partial charge in [-0.1, -0.05) is 0 Å². The molecule has 0 radical (unpaired) electrons. The van der Waals surface area contributed by atoms with Gasteiger partial charge in [-0.2, -0.15) is 0 Å². The number of fused-ring (bicyclic) bond motifs is 6. The van der Waals surface area contributed by atoms with E-state index in [0.29, 0.717) is 25.3 Å². The van der Waals surface area contributed by atoms with E-state index in [9.17, 15) is 8.78 Å². The number of hydrogen-bond acceptors (Lipinski definition) is 4. The molecule has 10 heteroatoms. The standard InChI is InChI=1S/C22H21F2N7O/c23-11-2-4-17-13(8-11)15-10-16-14-9-12(24)3-5-18(14)29-20(16)21(19(15)28-17)32-7-1-6-31(27)22(25)30-26/h2-5,8-10,28-29H,1,6-7,26-27H2,(H2,25,30). The summed E-state index contributed by atoms with van der Waals surface area (Å²) in [5.74, 6) is 10.8. The Balaban J connectivity index is 1.64. The van der Waals surface area contributed by atoms with Gasteiger partial charge in [-0.05, 0) is 42.5 Å². The van der Waals surface area contributed by atoms with Crippen LogP contribution in [0.1, 0.15) is 6.42 Å². The molecule has 2 heterocycles. The van der Waals surface area contributed by atoms with Gasteiger partial charge in [0.25, 0.3) is 0 Å². The monoisotopic (exact) mass is 437 g/mol. The fourth-order valence-electron chi connectivity index (χ4n) is 4.04. The van der Waals surface area contributed by atoms with Gasteiger partial charge in [-0.3, -0.25) is 5.01 Å². The largest absolute Gasteiger partial charge is 0.489 e. The maximum absolute atomic E-state index is 14.0. The lowest BCUT2D eigenvalue weighted by Gasteiger charge is -2.16. The number of hydrazone groups is 1.